The molecule has 0 amide bonds. The summed E-state index contributed by atoms with van der Waals surface area (Å²) in [7, 11) is 2.02. The number of quaternary nitrogens is 1. The first-order valence-electron chi connectivity index (χ1n) is 2.92. The van der Waals surface area contributed by atoms with Gasteiger partial charge in [-0.1, -0.05) is 0 Å². The summed E-state index contributed by atoms with van der Waals surface area (Å²) in [5.41, 5.74) is 0. The van der Waals surface area contributed by atoms with Gasteiger partial charge in [-0.2, -0.15) is 5.84 Å². The zero-order valence-electron chi connectivity index (χ0n) is 5.26. The van der Waals surface area contributed by atoms with Gasteiger partial charge in [0.1, 0.15) is 13.1 Å². The van der Waals surface area contributed by atoms with E-state index < -0.39 is 0 Å². The molecule has 3 heteroatoms. The van der Waals surface area contributed by atoms with Gasteiger partial charge in [-0.25, -0.2) is 4.59 Å². The predicted octanol–water partition coefficient (Wildman–Crippen LogP) is -0.663. The summed E-state index contributed by atoms with van der Waals surface area (Å²) in [4.78, 5) is 0. The second kappa shape index (κ2) is 2.01. The Bertz CT molecular complexity index is 74.5. The fourth-order valence-corrected chi connectivity index (χ4v) is 0.760. The van der Waals surface area contributed by atoms with Gasteiger partial charge in [0.25, 0.3) is 0 Å². The molecule has 0 aromatic heterocycles. The van der Waals surface area contributed by atoms with Gasteiger partial charge in [-0.3, -0.25) is 0 Å². The largest absolute Gasteiger partial charge is 0.370 e. The van der Waals surface area contributed by atoms with E-state index in [-0.39, 0.29) is 0 Å². The highest BCUT2D eigenvalue weighted by Crippen LogP contribution is 1.97. The van der Waals surface area contributed by atoms with Crippen LogP contribution in [0.2, 0.25) is 0 Å². The van der Waals surface area contributed by atoms with Crippen molar-refractivity contribution in [3.8, 4) is 0 Å². The molecule has 1 aliphatic heterocycles. The topological polar surface area (TPSA) is 35.2 Å². The van der Waals surface area contributed by atoms with Crippen molar-refractivity contribution in [2.24, 2.45) is 5.84 Å². The molecule has 48 valence electrons. The van der Waals surface area contributed by atoms with Crippen LogP contribution in [0.4, 0.5) is 0 Å². The standard InChI is InChI=1S/C5H13N2O/c1-7(6)2-4-8-5-3-7/h2-6H2,1H3/q+1. The van der Waals surface area contributed by atoms with E-state index in [1.54, 1.807) is 0 Å². The molecule has 1 aliphatic rings. The first-order chi connectivity index (χ1) is 3.71. The molecule has 0 aliphatic carbocycles. The van der Waals surface area contributed by atoms with Gasteiger partial charge in [0, 0.05) is 0 Å². The molecule has 0 spiro atoms. The molecule has 1 heterocycles. The van der Waals surface area contributed by atoms with Crippen molar-refractivity contribution in [3.05, 3.63) is 0 Å². The SMILES string of the molecule is C[N+]1(N)CCOCC1. The molecule has 0 saturated carbocycles. The van der Waals surface area contributed by atoms with Gasteiger partial charge < -0.3 is 4.74 Å². The average Bonchev–Trinajstić information content (AvgIpc) is 1.65. The van der Waals surface area contributed by atoms with Crippen LogP contribution in [0.3, 0.4) is 0 Å². The van der Waals surface area contributed by atoms with E-state index in [2.05, 4.69) is 0 Å². The second-order valence-electron chi connectivity index (χ2n) is 2.54. The molecule has 1 saturated heterocycles. The highest BCUT2D eigenvalue weighted by molar-refractivity contribution is 4.39. The van der Waals surface area contributed by atoms with Crippen LogP contribution in [-0.2, 0) is 4.74 Å². The highest BCUT2D eigenvalue weighted by Gasteiger charge is 2.19. The highest BCUT2D eigenvalue weighted by atomic mass is 16.5. The summed E-state index contributed by atoms with van der Waals surface area (Å²) in [5.74, 6) is 5.74. The van der Waals surface area contributed by atoms with Crippen LogP contribution in [0, 0.1) is 0 Å². The van der Waals surface area contributed by atoms with Crippen molar-refractivity contribution < 1.29 is 9.33 Å². The number of hydrogen-bond acceptors (Lipinski definition) is 2. The quantitative estimate of drug-likeness (QED) is 0.337. The lowest BCUT2D eigenvalue weighted by atomic mass is 10.4. The third kappa shape index (κ3) is 1.43. The summed E-state index contributed by atoms with van der Waals surface area (Å²) in [6.07, 6.45) is 0. The smallest absolute Gasteiger partial charge is 0.120 e. The number of nitrogens with zero attached hydrogens (tertiary/aromatic N) is 1. The normalized spacial score (nSPS) is 27.8. The summed E-state index contributed by atoms with van der Waals surface area (Å²) in [5, 5.41) is 0. The summed E-state index contributed by atoms with van der Waals surface area (Å²) >= 11 is 0. The van der Waals surface area contributed by atoms with Crippen LogP contribution >= 0.6 is 0 Å². The molecule has 8 heavy (non-hydrogen) atoms. The van der Waals surface area contributed by atoms with Crippen molar-refractivity contribution in [2.45, 2.75) is 0 Å². The molecule has 0 aromatic carbocycles. The Labute approximate surface area is 49.6 Å². The summed E-state index contributed by atoms with van der Waals surface area (Å²) in [6, 6.07) is 0. The lowest BCUT2D eigenvalue weighted by molar-refractivity contribution is -0.928. The van der Waals surface area contributed by atoms with Gasteiger partial charge in [0.2, 0.25) is 0 Å². The van der Waals surface area contributed by atoms with E-state index in [4.69, 9.17) is 10.6 Å². The molecule has 1 fully saturated rings. The molecule has 0 unspecified atom stereocenters. The molecule has 0 aromatic rings. The Morgan fingerprint density at radius 3 is 2.12 bits per heavy atom. The summed E-state index contributed by atoms with van der Waals surface area (Å²) in [6.45, 7) is 3.51. The van der Waals surface area contributed by atoms with Crippen molar-refractivity contribution >= 4 is 0 Å². The average molecular weight is 117 g/mol. The first-order valence-corrected chi connectivity index (χ1v) is 2.92. The number of ether oxygens (including phenoxy) is 1. The molecular weight excluding hydrogens is 104 g/mol. The van der Waals surface area contributed by atoms with Crippen LogP contribution in [0.25, 0.3) is 0 Å². The Kier molecular flexibility index (Phi) is 1.51. The van der Waals surface area contributed by atoms with Crippen molar-refractivity contribution in [2.75, 3.05) is 33.4 Å². The number of rotatable bonds is 0. The summed E-state index contributed by atoms with van der Waals surface area (Å²) < 4.78 is 5.73. The van der Waals surface area contributed by atoms with Gasteiger partial charge in [0.15, 0.2) is 0 Å². The first kappa shape index (κ1) is 6.01. The van der Waals surface area contributed by atoms with E-state index in [0.717, 1.165) is 26.3 Å². The van der Waals surface area contributed by atoms with Crippen LogP contribution < -0.4 is 5.84 Å². The number of likely N-dealkylation sites (N-methyl/N-ethyl adjacent to an activating group) is 1. The molecule has 0 radical (unpaired) electrons. The Morgan fingerprint density at radius 1 is 1.38 bits per heavy atom. The van der Waals surface area contributed by atoms with Crippen LogP contribution in [0.15, 0.2) is 0 Å². The fraction of sp³-hybridized carbons (Fsp3) is 1.00. The van der Waals surface area contributed by atoms with Crippen LogP contribution in [0.1, 0.15) is 0 Å². The van der Waals surface area contributed by atoms with Crippen molar-refractivity contribution in [3.63, 3.8) is 0 Å². The number of nitrogens with two attached hydrogens (primary N) is 1. The van der Waals surface area contributed by atoms with Gasteiger partial charge in [-0.15, -0.1) is 0 Å². The molecular formula is C5H13N2O+. The Hall–Kier alpha value is -0.120. The minimum absolute atomic E-state index is 0.625. The zero-order chi connectivity index (χ0) is 6.04. The molecule has 0 bridgehead atoms. The molecule has 3 nitrogen and oxygen atoms in total. The minimum Gasteiger partial charge on any atom is -0.370 e. The zero-order valence-corrected chi connectivity index (χ0v) is 5.26. The predicted molar refractivity (Wildman–Crippen MR) is 30.9 cm³/mol. The monoisotopic (exact) mass is 117 g/mol. The van der Waals surface area contributed by atoms with Gasteiger partial charge in [0.05, 0.1) is 20.3 Å². The third-order valence-corrected chi connectivity index (χ3v) is 1.49. The van der Waals surface area contributed by atoms with Crippen LogP contribution in [0.5, 0.6) is 0 Å². The maximum atomic E-state index is 5.74. The van der Waals surface area contributed by atoms with E-state index in [1.807, 2.05) is 7.05 Å². The second-order valence-corrected chi connectivity index (χ2v) is 2.54. The third-order valence-electron chi connectivity index (χ3n) is 1.49. The van der Waals surface area contributed by atoms with Crippen LogP contribution in [-0.4, -0.2) is 37.9 Å². The molecule has 1 rings (SSSR count). The van der Waals surface area contributed by atoms with Crippen molar-refractivity contribution in [1.82, 2.24) is 0 Å². The maximum absolute atomic E-state index is 5.74. The lowest BCUT2D eigenvalue weighted by Crippen LogP contribution is -2.57. The van der Waals surface area contributed by atoms with E-state index in [0.29, 0.717) is 4.59 Å². The van der Waals surface area contributed by atoms with Gasteiger partial charge >= 0.3 is 0 Å². The molecule has 2 N–H and O–H groups in total. The molecule has 0 atom stereocenters. The Morgan fingerprint density at radius 2 is 1.88 bits per heavy atom. The fourth-order valence-electron chi connectivity index (χ4n) is 0.760. The number of hydrogen-bond donors (Lipinski definition) is 1. The van der Waals surface area contributed by atoms with E-state index >= 15 is 0 Å². The number of morpholine rings is 1. The maximum Gasteiger partial charge on any atom is 0.120 e. The van der Waals surface area contributed by atoms with Gasteiger partial charge in [-0.05, 0) is 0 Å². The van der Waals surface area contributed by atoms with E-state index in [1.165, 1.54) is 0 Å². The van der Waals surface area contributed by atoms with Crippen molar-refractivity contribution in [1.29, 1.82) is 0 Å². The lowest BCUT2D eigenvalue weighted by Gasteiger charge is -2.31. The minimum atomic E-state index is 0.625. The van der Waals surface area contributed by atoms with E-state index in [9.17, 15) is 0 Å². The Balaban J connectivity index is 2.33.